The van der Waals surface area contributed by atoms with Crippen LogP contribution in [-0.2, 0) is 22.0 Å². The zero-order chi connectivity index (χ0) is 22.8. The molecule has 0 radical (unpaired) electrons. The van der Waals surface area contributed by atoms with E-state index in [0.717, 1.165) is 5.56 Å². The molecule has 0 aliphatic rings. The second-order valence-electron chi connectivity index (χ2n) is 7.85. The fraction of sp³-hybridized carbons (Fsp3) is 0.217. The maximum Gasteiger partial charge on any atom is 0.238 e. The minimum absolute atomic E-state index is 0.0876. The van der Waals surface area contributed by atoms with E-state index in [4.69, 9.17) is 16.7 Å². The summed E-state index contributed by atoms with van der Waals surface area (Å²) >= 11 is 6.14. The fourth-order valence-corrected chi connectivity index (χ4v) is 4.27. The molecule has 0 saturated heterocycles. The number of aliphatic hydroxyl groups excluding tert-OH is 1. The van der Waals surface area contributed by atoms with Gasteiger partial charge in [0.25, 0.3) is 0 Å². The van der Waals surface area contributed by atoms with Gasteiger partial charge in [0.05, 0.1) is 10.5 Å². The van der Waals surface area contributed by atoms with Gasteiger partial charge in [-0.25, -0.2) is 13.6 Å². The van der Waals surface area contributed by atoms with Crippen molar-refractivity contribution in [1.29, 1.82) is 0 Å². The first-order chi connectivity index (χ1) is 14.4. The summed E-state index contributed by atoms with van der Waals surface area (Å²) in [6.45, 7) is 3.31. The number of nitrogens with two attached hydrogens (primary N) is 1. The van der Waals surface area contributed by atoms with E-state index in [1.54, 1.807) is 62.4 Å². The van der Waals surface area contributed by atoms with Crippen LogP contribution in [-0.4, -0.2) is 24.9 Å². The van der Waals surface area contributed by atoms with E-state index in [0.29, 0.717) is 27.4 Å². The van der Waals surface area contributed by atoms with Gasteiger partial charge in [-0.15, -0.1) is 0 Å². The third-order valence-electron chi connectivity index (χ3n) is 4.87. The molecule has 8 heteroatoms. The number of primary sulfonamides is 1. The SMILES string of the molecule is CC(C)(O)c1cccc(-c2ccc(NC(O)Cc3ccccc3Cl)cc2S(N)(=O)=O)c1. The van der Waals surface area contributed by atoms with E-state index < -0.39 is 21.9 Å². The molecule has 3 rings (SSSR count). The van der Waals surface area contributed by atoms with Gasteiger partial charge in [-0.1, -0.05) is 54.1 Å². The maximum absolute atomic E-state index is 12.3. The predicted molar refractivity (Wildman–Crippen MR) is 123 cm³/mol. The molecule has 1 unspecified atom stereocenters. The highest BCUT2D eigenvalue weighted by Gasteiger charge is 2.20. The number of hydrogen-bond donors (Lipinski definition) is 4. The Morgan fingerprint density at radius 2 is 1.77 bits per heavy atom. The van der Waals surface area contributed by atoms with Gasteiger partial charge in [0, 0.05) is 22.7 Å². The van der Waals surface area contributed by atoms with Crippen molar-refractivity contribution in [3.63, 3.8) is 0 Å². The molecule has 0 heterocycles. The van der Waals surface area contributed by atoms with Crippen molar-refractivity contribution in [3.8, 4) is 11.1 Å². The molecule has 6 nitrogen and oxygen atoms in total. The molecule has 0 saturated carbocycles. The van der Waals surface area contributed by atoms with Gasteiger partial charge < -0.3 is 15.5 Å². The minimum Gasteiger partial charge on any atom is -0.386 e. The molecule has 3 aromatic rings. The van der Waals surface area contributed by atoms with Crippen LogP contribution < -0.4 is 10.5 Å². The molecule has 0 aliphatic heterocycles. The number of hydrogen-bond acceptors (Lipinski definition) is 5. The van der Waals surface area contributed by atoms with Crippen LogP contribution in [0.3, 0.4) is 0 Å². The fourth-order valence-electron chi connectivity index (χ4n) is 3.27. The van der Waals surface area contributed by atoms with Crippen molar-refractivity contribution in [3.05, 3.63) is 82.9 Å². The smallest absolute Gasteiger partial charge is 0.238 e. The van der Waals surface area contributed by atoms with Gasteiger partial charge in [0.1, 0.15) is 6.23 Å². The number of halogens is 1. The van der Waals surface area contributed by atoms with E-state index in [1.807, 2.05) is 12.1 Å². The Hall–Kier alpha value is -2.42. The zero-order valence-corrected chi connectivity index (χ0v) is 18.8. The first-order valence-corrected chi connectivity index (χ1v) is 11.6. The first kappa shape index (κ1) is 23.2. The highest BCUT2D eigenvalue weighted by atomic mass is 35.5. The molecule has 0 aromatic heterocycles. The number of anilines is 1. The number of aliphatic hydroxyl groups is 2. The van der Waals surface area contributed by atoms with E-state index >= 15 is 0 Å². The lowest BCUT2D eigenvalue weighted by atomic mass is 9.94. The van der Waals surface area contributed by atoms with Crippen molar-refractivity contribution in [2.75, 3.05) is 5.32 Å². The second-order valence-corrected chi connectivity index (χ2v) is 9.79. The molecule has 0 amide bonds. The van der Waals surface area contributed by atoms with E-state index in [-0.39, 0.29) is 11.3 Å². The highest BCUT2D eigenvalue weighted by Crippen LogP contribution is 2.32. The number of rotatable bonds is 7. The lowest BCUT2D eigenvalue weighted by Gasteiger charge is -2.20. The quantitative estimate of drug-likeness (QED) is 0.400. The number of benzene rings is 3. The first-order valence-electron chi connectivity index (χ1n) is 9.63. The van der Waals surface area contributed by atoms with Gasteiger partial charge in [-0.2, -0.15) is 0 Å². The zero-order valence-electron chi connectivity index (χ0n) is 17.2. The number of sulfonamides is 1. The van der Waals surface area contributed by atoms with Crippen LogP contribution in [0, 0.1) is 0 Å². The lowest BCUT2D eigenvalue weighted by molar-refractivity contribution is 0.0786. The molecule has 164 valence electrons. The topological polar surface area (TPSA) is 113 Å². The minimum atomic E-state index is -4.06. The number of nitrogens with one attached hydrogen (secondary N) is 1. The normalized spacial score (nSPS) is 13.1. The van der Waals surface area contributed by atoms with Gasteiger partial charge in [0.2, 0.25) is 10.0 Å². The van der Waals surface area contributed by atoms with Crippen molar-refractivity contribution < 1.29 is 18.6 Å². The Bertz CT molecular complexity index is 1190. The average molecular weight is 461 g/mol. The molecule has 0 fully saturated rings. The Kier molecular flexibility index (Phi) is 6.73. The molecular formula is C23H25ClN2O4S. The summed E-state index contributed by atoms with van der Waals surface area (Å²) < 4.78 is 24.6. The molecule has 5 N–H and O–H groups in total. The van der Waals surface area contributed by atoms with Crippen LogP contribution >= 0.6 is 11.6 Å². The second kappa shape index (κ2) is 8.98. The molecule has 0 spiro atoms. The lowest BCUT2D eigenvalue weighted by Crippen LogP contribution is -2.22. The molecule has 0 bridgehead atoms. The standard InChI is InChI=1S/C23H25ClN2O4S/c1-23(2,28)17-8-5-7-15(12-17)19-11-10-18(14-21(19)31(25,29)30)26-22(27)13-16-6-3-4-9-20(16)24/h3-12,14,22,26-28H,13H2,1-2H3,(H2,25,29,30). The average Bonchev–Trinajstić information content (AvgIpc) is 2.68. The third-order valence-corrected chi connectivity index (χ3v) is 6.19. The predicted octanol–water partition coefficient (Wildman–Crippen LogP) is 3.85. The monoisotopic (exact) mass is 460 g/mol. The van der Waals surface area contributed by atoms with Gasteiger partial charge >= 0.3 is 0 Å². The molecular weight excluding hydrogens is 436 g/mol. The summed E-state index contributed by atoms with van der Waals surface area (Å²) in [5, 5.41) is 29.6. The van der Waals surface area contributed by atoms with Gasteiger partial charge in [0.15, 0.2) is 0 Å². The Balaban J connectivity index is 1.94. The van der Waals surface area contributed by atoms with E-state index in [1.165, 1.54) is 6.07 Å². The molecule has 3 aromatic carbocycles. The van der Waals surface area contributed by atoms with Crippen LogP contribution in [0.4, 0.5) is 5.69 Å². The highest BCUT2D eigenvalue weighted by molar-refractivity contribution is 7.89. The Morgan fingerprint density at radius 3 is 2.42 bits per heavy atom. The largest absolute Gasteiger partial charge is 0.386 e. The van der Waals surface area contributed by atoms with Gasteiger partial charge in [-0.05, 0) is 54.8 Å². The molecule has 1 atom stereocenters. The third kappa shape index (κ3) is 5.84. The summed E-state index contributed by atoms with van der Waals surface area (Å²) in [4.78, 5) is -0.0876. The summed E-state index contributed by atoms with van der Waals surface area (Å²) in [6.07, 6.45) is -0.752. The van der Waals surface area contributed by atoms with E-state index in [2.05, 4.69) is 5.32 Å². The van der Waals surface area contributed by atoms with Crippen molar-refractivity contribution in [2.45, 2.75) is 37.0 Å². The van der Waals surface area contributed by atoms with Crippen molar-refractivity contribution >= 4 is 27.3 Å². The van der Waals surface area contributed by atoms with Crippen LogP contribution in [0.5, 0.6) is 0 Å². The van der Waals surface area contributed by atoms with Crippen LogP contribution in [0.1, 0.15) is 25.0 Å². The van der Waals surface area contributed by atoms with Crippen LogP contribution in [0.25, 0.3) is 11.1 Å². The molecule has 0 aliphatic carbocycles. The Labute approximate surface area is 187 Å². The summed E-state index contributed by atoms with van der Waals surface area (Å²) in [6, 6.07) is 18.8. The van der Waals surface area contributed by atoms with Gasteiger partial charge in [-0.3, -0.25) is 0 Å². The molecule has 31 heavy (non-hydrogen) atoms. The van der Waals surface area contributed by atoms with Crippen molar-refractivity contribution in [2.24, 2.45) is 5.14 Å². The Morgan fingerprint density at radius 1 is 1.06 bits per heavy atom. The van der Waals surface area contributed by atoms with Crippen molar-refractivity contribution in [1.82, 2.24) is 0 Å². The summed E-state index contributed by atoms with van der Waals surface area (Å²) in [5.41, 5.74) is 1.72. The maximum atomic E-state index is 12.3. The summed E-state index contributed by atoms with van der Waals surface area (Å²) in [5.74, 6) is 0. The van der Waals surface area contributed by atoms with E-state index in [9.17, 15) is 18.6 Å². The summed E-state index contributed by atoms with van der Waals surface area (Å²) in [7, 11) is -4.06. The van der Waals surface area contributed by atoms with Crippen LogP contribution in [0.2, 0.25) is 5.02 Å². The van der Waals surface area contributed by atoms with Crippen LogP contribution in [0.15, 0.2) is 71.6 Å².